The van der Waals surface area contributed by atoms with Gasteiger partial charge in [-0.1, -0.05) is 36.2 Å². The molecule has 1 aromatic carbocycles. The van der Waals surface area contributed by atoms with Gasteiger partial charge in [0.25, 0.3) is 0 Å². The van der Waals surface area contributed by atoms with Gasteiger partial charge in [0.05, 0.1) is 5.41 Å². The van der Waals surface area contributed by atoms with E-state index in [0.29, 0.717) is 43.5 Å². The third-order valence-corrected chi connectivity index (χ3v) is 5.78. The highest BCUT2D eigenvalue weighted by Gasteiger charge is 2.44. The summed E-state index contributed by atoms with van der Waals surface area (Å²) in [4.78, 5) is 13.2. The molecule has 4 nitrogen and oxygen atoms in total. The van der Waals surface area contributed by atoms with E-state index in [9.17, 15) is 4.79 Å². The standard InChI is InChI=1S/C18H25ClN2O2/c19-15-6-2-1-5-14(15)18(8-10-23-11-9-18)17(22)21-16-7-3-4-13(16)12-20/h1-2,5-6,13,16H,3-4,7-12,20H2,(H,21,22)/t13-,16+/m1/s1. The molecule has 1 saturated heterocycles. The number of benzene rings is 1. The number of hydrogen-bond acceptors (Lipinski definition) is 3. The van der Waals surface area contributed by atoms with Crippen molar-refractivity contribution >= 4 is 17.5 Å². The lowest BCUT2D eigenvalue weighted by Gasteiger charge is -2.38. The summed E-state index contributed by atoms with van der Waals surface area (Å²) in [6, 6.07) is 7.87. The van der Waals surface area contributed by atoms with Crippen molar-refractivity contribution in [2.24, 2.45) is 11.7 Å². The van der Waals surface area contributed by atoms with Crippen LogP contribution in [-0.4, -0.2) is 31.7 Å². The number of rotatable bonds is 4. The zero-order valence-electron chi connectivity index (χ0n) is 13.4. The fourth-order valence-corrected chi connectivity index (χ4v) is 4.32. The van der Waals surface area contributed by atoms with Crippen LogP contribution in [0.25, 0.3) is 0 Å². The highest BCUT2D eigenvalue weighted by atomic mass is 35.5. The quantitative estimate of drug-likeness (QED) is 0.888. The lowest BCUT2D eigenvalue weighted by Crippen LogP contribution is -2.52. The van der Waals surface area contributed by atoms with Crippen molar-refractivity contribution in [2.45, 2.75) is 43.6 Å². The van der Waals surface area contributed by atoms with Crippen molar-refractivity contribution in [3.63, 3.8) is 0 Å². The summed E-state index contributed by atoms with van der Waals surface area (Å²) in [5.74, 6) is 0.473. The third-order valence-electron chi connectivity index (χ3n) is 5.45. The average molecular weight is 337 g/mol. The van der Waals surface area contributed by atoms with Crippen LogP contribution in [0.1, 0.15) is 37.7 Å². The van der Waals surface area contributed by atoms with Crippen LogP contribution >= 0.6 is 11.6 Å². The number of amides is 1. The lowest BCUT2D eigenvalue weighted by molar-refractivity contribution is -0.131. The molecule has 2 aliphatic rings. The van der Waals surface area contributed by atoms with E-state index in [1.165, 1.54) is 0 Å². The van der Waals surface area contributed by atoms with Gasteiger partial charge in [-0.2, -0.15) is 0 Å². The van der Waals surface area contributed by atoms with E-state index < -0.39 is 5.41 Å². The number of nitrogens with two attached hydrogens (primary N) is 1. The minimum Gasteiger partial charge on any atom is -0.381 e. The Bertz CT molecular complexity index is 558. The molecular formula is C18H25ClN2O2. The Kier molecular flexibility index (Phi) is 5.24. The molecule has 0 bridgehead atoms. The first-order valence-corrected chi connectivity index (χ1v) is 8.89. The molecule has 126 valence electrons. The van der Waals surface area contributed by atoms with Gasteiger partial charge < -0.3 is 15.8 Å². The van der Waals surface area contributed by atoms with Gasteiger partial charge in [-0.25, -0.2) is 0 Å². The first-order chi connectivity index (χ1) is 11.2. The minimum absolute atomic E-state index is 0.0826. The predicted octanol–water partition coefficient (Wildman–Crippen LogP) is 2.63. The molecule has 2 fully saturated rings. The van der Waals surface area contributed by atoms with E-state index in [-0.39, 0.29) is 11.9 Å². The summed E-state index contributed by atoms with van der Waals surface area (Å²) in [7, 11) is 0. The van der Waals surface area contributed by atoms with Gasteiger partial charge in [-0.15, -0.1) is 0 Å². The number of halogens is 1. The van der Waals surface area contributed by atoms with Crippen LogP contribution in [0.3, 0.4) is 0 Å². The van der Waals surface area contributed by atoms with Crippen molar-refractivity contribution in [2.75, 3.05) is 19.8 Å². The van der Waals surface area contributed by atoms with Gasteiger partial charge in [0.2, 0.25) is 5.91 Å². The Hall–Kier alpha value is -1.10. The highest BCUT2D eigenvalue weighted by Crippen LogP contribution is 2.39. The topological polar surface area (TPSA) is 64.3 Å². The Morgan fingerprint density at radius 3 is 2.74 bits per heavy atom. The molecule has 1 aliphatic carbocycles. The van der Waals surface area contributed by atoms with Gasteiger partial charge in [0, 0.05) is 24.3 Å². The summed E-state index contributed by atoms with van der Waals surface area (Å²) in [5, 5.41) is 3.94. The van der Waals surface area contributed by atoms with E-state index >= 15 is 0 Å². The van der Waals surface area contributed by atoms with Gasteiger partial charge >= 0.3 is 0 Å². The molecule has 23 heavy (non-hydrogen) atoms. The van der Waals surface area contributed by atoms with E-state index in [2.05, 4.69) is 5.32 Å². The Morgan fingerprint density at radius 1 is 1.30 bits per heavy atom. The molecule has 1 amide bonds. The van der Waals surface area contributed by atoms with Crippen molar-refractivity contribution in [3.8, 4) is 0 Å². The predicted molar refractivity (Wildman–Crippen MR) is 91.5 cm³/mol. The van der Waals surface area contributed by atoms with Crippen molar-refractivity contribution in [1.29, 1.82) is 0 Å². The second-order valence-electron chi connectivity index (χ2n) is 6.68. The van der Waals surface area contributed by atoms with Crippen molar-refractivity contribution < 1.29 is 9.53 Å². The molecule has 2 atom stereocenters. The molecule has 1 aromatic rings. The summed E-state index contributed by atoms with van der Waals surface area (Å²) in [5.41, 5.74) is 6.19. The molecule has 3 rings (SSSR count). The largest absolute Gasteiger partial charge is 0.381 e. The Morgan fingerprint density at radius 2 is 2.04 bits per heavy atom. The van der Waals surface area contributed by atoms with Crippen molar-refractivity contribution in [3.05, 3.63) is 34.9 Å². The van der Waals surface area contributed by atoms with E-state index in [4.69, 9.17) is 22.1 Å². The van der Waals surface area contributed by atoms with E-state index in [1.807, 2.05) is 24.3 Å². The average Bonchev–Trinajstić information content (AvgIpc) is 3.03. The monoisotopic (exact) mass is 336 g/mol. The maximum absolute atomic E-state index is 13.2. The third kappa shape index (κ3) is 3.25. The molecule has 0 spiro atoms. The van der Waals surface area contributed by atoms with Crippen LogP contribution in [0.4, 0.5) is 0 Å². The molecule has 1 aliphatic heterocycles. The SMILES string of the molecule is NC[C@H]1CCC[C@@H]1NC(=O)C1(c2ccccc2Cl)CCOCC1. The summed E-state index contributed by atoms with van der Waals surface area (Å²) < 4.78 is 5.51. The van der Waals surface area contributed by atoms with E-state index in [0.717, 1.165) is 24.8 Å². The minimum atomic E-state index is -0.585. The maximum Gasteiger partial charge on any atom is 0.231 e. The van der Waals surface area contributed by atoms with Gasteiger partial charge in [0.15, 0.2) is 0 Å². The van der Waals surface area contributed by atoms with Gasteiger partial charge in [-0.05, 0) is 49.8 Å². The highest BCUT2D eigenvalue weighted by molar-refractivity contribution is 6.31. The lowest BCUT2D eigenvalue weighted by atomic mass is 9.73. The Balaban J connectivity index is 1.87. The second kappa shape index (κ2) is 7.20. The van der Waals surface area contributed by atoms with Gasteiger partial charge in [0.1, 0.15) is 0 Å². The summed E-state index contributed by atoms with van der Waals surface area (Å²) >= 11 is 6.42. The number of ether oxygens (including phenoxy) is 1. The normalized spacial score (nSPS) is 26.9. The van der Waals surface area contributed by atoms with E-state index in [1.54, 1.807) is 0 Å². The van der Waals surface area contributed by atoms with Crippen LogP contribution in [0, 0.1) is 5.92 Å². The molecule has 1 saturated carbocycles. The molecule has 3 N–H and O–H groups in total. The first kappa shape index (κ1) is 16.7. The van der Waals surface area contributed by atoms with Crippen LogP contribution in [-0.2, 0) is 14.9 Å². The Labute approximate surface area is 142 Å². The summed E-state index contributed by atoms with van der Waals surface area (Å²) in [6.45, 7) is 1.81. The van der Waals surface area contributed by atoms with Crippen molar-refractivity contribution in [1.82, 2.24) is 5.32 Å². The molecule has 0 aromatic heterocycles. The number of nitrogens with one attached hydrogen (secondary N) is 1. The fourth-order valence-electron chi connectivity index (χ4n) is 4.00. The van der Waals surface area contributed by atoms with Crippen LogP contribution in [0.5, 0.6) is 0 Å². The molecule has 5 heteroatoms. The van der Waals surface area contributed by atoms with Crippen LogP contribution in [0.15, 0.2) is 24.3 Å². The zero-order chi connectivity index (χ0) is 16.3. The molecule has 0 unspecified atom stereocenters. The smallest absolute Gasteiger partial charge is 0.231 e. The summed E-state index contributed by atoms with van der Waals surface area (Å²) in [6.07, 6.45) is 4.59. The van der Waals surface area contributed by atoms with Crippen LogP contribution in [0.2, 0.25) is 5.02 Å². The van der Waals surface area contributed by atoms with Crippen LogP contribution < -0.4 is 11.1 Å². The zero-order valence-corrected chi connectivity index (χ0v) is 14.1. The fraction of sp³-hybridized carbons (Fsp3) is 0.611. The molecule has 0 radical (unpaired) electrons. The molecule has 1 heterocycles. The second-order valence-corrected chi connectivity index (χ2v) is 7.09. The number of hydrogen-bond donors (Lipinski definition) is 2. The maximum atomic E-state index is 13.2. The number of carbonyl (C=O) groups is 1. The van der Waals surface area contributed by atoms with Gasteiger partial charge in [-0.3, -0.25) is 4.79 Å². The molecular weight excluding hydrogens is 312 g/mol. The first-order valence-electron chi connectivity index (χ1n) is 8.51. The number of carbonyl (C=O) groups excluding carboxylic acids is 1.